The Labute approximate surface area is 97.0 Å². The van der Waals surface area contributed by atoms with Crippen molar-refractivity contribution in [1.82, 2.24) is 9.97 Å². The molecule has 17 heavy (non-hydrogen) atoms. The predicted molar refractivity (Wildman–Crippen MR) is 63.1 cm³/mol. The monoisotopic (exact) mass is 236 g/mol. The third kappa shape index (κ3) is 2.34. The number of aromatic amines is 1. The van der Waals surface area contributed by atoms with E-state index < -0.39 is 4.92 Å². The number of methoxy groups -OCH3 is 1. The van der Waals surface area contributed by atoms with E-state index in [1.54, 1.807) is 19.2 Å². The first-order valence-electron chi connectivity index (χ1n) is 5.08. The van der Waals surface area contributed by atoms with Gasteiger partial charge in [0.2, 0.25) is 5.95 Å². The molecule has 0 aliphatic heterocycles. The first-order chi connectivity index (χ1) is 8.22. The van der Waals surface area contributed by atoms with E-state index >= 15 is 0 Å². The van der Waals surface area contributed by atoms with Crippen molar-refractivity contribution >= 4 is 22.7 Å². The summed E-state index contributed by atoms with van der Waals surface area (Å²) in [6.45, 7) is 1.13. The summed E-state index contributed by atoms with van der Waals surface area (Å²) in [5, 5.41) is 13.8. The summed E-state index contributed by atoms with van der Waals surface area (Å²) in [7, 11) is 1.60. The molecule has 1 heterocycles. The normalized spacial score (nSPS) is 10.6. The van der Waals surface area contributed by atoms with Crippen molar-refractivity contribution in [3.8, 4) is 0 Å². The van der Waals surface area contributed by atoms with Crippen molar-refractivity contribution in [1.29, 1.82) is 0 Å². The molecule has 0 fully saturated rings. The van der Waals surface area contributed by atoms with E-state index in [0.717, 1.165) is 0 Å². The predicted octanol–water partition coefficient (Wildman–Crippen LogP) is 1.53. The van der Waals surface area contributed by atoms with Crippen LogP contribution in [0.2, 0.25) is 0 Å². The molecule has 0 aliphatic rings. The molecule has 1 aromatic carbocycles. The van der Waals surface area contributed by atoms with E-state index in [-0.39, 0.29) is 5.69 Å². The van der Waals surface area contributed by atoms with Crippen LogP contribution in [0.4, 0.5) is 11.6 Å². The van der Waals surface area contributed by atoms with Gasteiger partial charge in [-0.2, -0.15) is 0 Å². The fourth-order valence-corrected chi connectivity index (χ4v) is 1.52. The second-order valence-electron chi connectivity index (χ2n) is 3.44. The lowest BCUT2D eigenvalue weighted by atomic mass is 10.3. The lowest BCUT2D eigenvalue weighted by molar-refractivity contribution is -0.383. The number of fused-ring (bicyclic) bond motifs is 1. The highest BCUT2D eigenvalue weighted by Gasteiger charge is 2.14. The highest BCUT2D eigenvalue weighted by Crippen LogP contribution is 2.24. The van der Waals surface area contributed by atoms with Crippen LogP contribution >= 0.6 is 0 Å². The van der Waals surface area contributed by atoms with Gasteiger partial charge >= 0.3 is 0 Å². The zero-order chi connectivity index (χ0) is 12.3. The Hall–Kier alpha value is -2.15. The number of H-pyrrole nitrogens is 1. The number of nitro groups is 1. The van der Waals surface area contributed by atoms with Gasteiger partial charge in [-0.15, -0.1) is 0 Å². The van der Waals surface area contributed by atoms with E-state index in [2.05, 4.69) is 15.3 Å². The molecule has 0 saturated heterocycles. The van der Waals surface area contributed by atoms with Crippen LogP contribution in [0.1, 0.15) is 0 Å². The largest absolute Gasteiger partial charge is 0.383 e. The Kier molecular flexibility index (Phi) is 3.20. The molecular weight excluding hydrogens is 224 g/mol. The Morgan fingerprint density at radius 1 is 1.59 bits per heavy atom. The van der Waals surface area contributed by atoms with Crippen LogP contribution in [-0.4, -0.2) is 35.2 Å². The summed E-state index contributed by atoms with van der Waals surface area (Å²) in [6, 6.07) is 4.80. The van der Waals surface area contributed by atoms with Crippen LogP contribution in [0.5, 0.6) is 0 Å². The molecule has 0 spiro atoms. The molecule has 0 radical (unpaired) electrons. The molecular formula is C10H12N4O3. The van der Waals surface area contributed by atoms with Crippen molar-refractivity contribution in [2.45, 2.75) is 0 Å². The second kappa shape index (κ2) is 4.79. The minimum atomic E-state index is -0.442. The Balaban J connectivity index is 2.30. The molecule has 2 aromatic rings. The minimum Gasteiger partial charge on any atom is -0.383 e. The Morgan fingerprint density at radius 2 is 2.41 bits per heavy atom. The second-order valence-corrected chi connectivity index (χ2v) is 3.44. The van der Waals surface area contributed by atoms with Gasteiger partial charge < -0.3 is 15.0 Å². The molecule has 7 nitrogen and oxygen atoms in total. The standard InChI is InChI=1S/C10H12N4O3/c1-17-6-5-11-10-12-7-3-2-4-8(14(15)16)9(7)13-10/h2-4H,5-6H2,1H3,(H2,11,12,13). The number of rotatable bonds is 5. The quantitative estimate of drug-likeness (QED) is 0.466. The molecule has 0 atom stereocenters. The van der Waals surface area contributed by atoms with Gasteiger partial charge in [-0.25, -0.2) is 4.98 Å². The zero-order valence-electron chi connectivity index (χ0n) is 9.27. The molecule has 1 aromatic heterocycles. The summed E-state index contributed by atoms with van der Waals surface area (Å²) in [5.74, 6) is 0.506. The van der Waals surface area contributed by atoms with Gasteiger partial charge in [0.05, 0.1) is 17.0 Å². The van der Waals surface area contributed by atoms with E-state index in [1.165, 1.54) is 6.07 Å². The van der Waals surface area contributed by atoms with E-state index in [1.807, 2.05) is 0 Å². The highest BCUT2D eigenvalue weighted by molar-refractivity contribution is 5.86. The van der Waals surface area contributed by atoms with Crippen molar-refractivity contribution < 1.29 is 9.66 Å². The minimum absolute atomic E-state index is 0.00135. The molecule has 0 aliphatic carbocycles. The molecule has 90 valence electrons. The summed E-state index contributed by atoms with van der Waals surface area (Å²) >= 11 is 0. The van der Waals surface area contributed by atoms with Gasteiger partial charge in [0.15, 0.2) is 5.52 Å². The average molecular weight is 236 g/mol. The van der Waals surface area contributed by atoms with Gasteiger partial charge in [0.25, 0.3) is 5.69 Å². The fraction of sp³-hybridized carbons (Fsp3) is 0.300. The molecule has 0 saturated carbocycles. The summed E-state index contributed by atoms with van der Waals surface area (Å²) in [4.78, 5) is 17.5. The topological polar surface area (TPSA) is 93.1 Å². The average Bonchev–Trinajstić information content (AvgIpc) is 2.71. The maximum Gasteiger partial charge on any atom is 0.297 e. The number of nitro benzene ring substituents is 1. The van der Waals surface area contributed by atoms with E-state index in [4.69, 9.17) is 4.74 Å². The number of hydrogen-bond acceptors (Lipinski definition) is 5. The number of aromatic nitrogens is 2. The fourth-order valence-electron chi connectivity index (χ4n) is 1.52. The number of para-hydroxylation sites is 1. The van der Waals surface area contributed by atoms with Crippen molar-refractivity contribution in [2.75, 3.05) is 25.6 Å². The zero-order valence-corrected chi connectivity index (χ0v) is 9.27. The van der Waals surface area contributed by atoms with E-state index in [0.29, 0.717) is 30.1 Å². The van der Waals surface area contributed by atoms with Crippen LogP contribution in [0, 0.1) is 10.1 Å². The lowest BCUT2D eigenvalue weighted by Crippen LogP contribution is -2.08. The molecule has 2 rings (SSSR count). The van der Waals surface area contributed by atoms with Crippen LogP contribution in [-0.2, 0) is 4.74 Å². The summed E-state index contributed by atoms with van der Waals surface area (Å²) in [6.07, 6.45) is 0. The van der Waals surface area contributed by atoms with Crippen molar-refractivity contribution in [3.05, 3.63) is 28.3 Å². The number of anilines is 1. The summed E-state index contributed by atoms with van der Waals surface area (Å²) in [5.41, 5.74) is 0.995. The molecule has 0 unspecified atom stereocenters. The smallest absolute Gasteiger partial charge is 0.297 e. The molecule has 2 N–H and O–H groups in total. The highest BCUT2D eigenvalue weighted by atomic mass is 16.6. The molecule has 0 amide bonds. The third-order valence-corrected chi connectivity index (χ3v) is 2.29. The first-order valence-corrected chi connectivity index (χ1v) is 5.08. The number of imidazole rings is 1. The van der Waals surface area contributed by atoms with Gasteiger partial charge in [0, 0.05) is 19.7 Å². The number of nitrogens with zero attached hydrogens (tertiary/aromatic N) is 2. The van der Waals surface area contributed by atoms with Gasteiger partial charge in [-0.1, -0.05) is 6.07 Å². The van der Waals surface area contributed by atoms with Crippen LogP contribution in [0.25, 0.3) is 11.0 Å². The maximum atomic E-state index is 10.8. The Bertz CT molecular complexity index is 537. The number of hydrogen-bond donors (Lipinski definition) is 2. The SMILES string of the molecule is COCCNc1nc2c([N+](=O)[O-])cccc2[nH]1. The number of non-ortho nitro benzene ring substituents is 1. The van der Waals surface area contributed by atoms with Gasteiger partial charge in [0.1, 0.15) is 0 Å². The molecule has 7 heteroatoms. The number of nitrogens with one attached hydrogen (secondary N) is 2. The maximum absolute atomic E-state index is 10.8. The first kappa shape index (κ1) is 11.3. The third-order valence-electron chi connectivity index (χ3n) is 2.29. The Morgan fingerprint density at radius 3 is 3.12 bits per heavy atom. The summed E-state index contributed by atoms with van der Waals surface area (Å²) < 4.78 is 4.89. The number of ether oxygens (including phenoxy) is 1. The van der Waals surface area contributed by atoms with Gasteiger partial charge in [-0.05, 0) is 6.07 Å². The lowest BCUT2D eigenvalue weighted by Gasteiger charge is -1.99. The van der Waals surface area contributed by atoms with Gasteiger partial charge in [-0.3, -0.25) is 10.1 Å². The van der Waals surface area contributed by atoms with Crippen LogP contribution in [0.3, 0.4) is 0 Å². The van der Waals surface area contributed by atoms with Crippen molar-refractivity contribution in [2.24, 2.45) is 0 Å². The molecule has 0 bridgehead atoms. The van der Waals surface area contributed by atoms with Crippen molar-refractivity contribution in [3.63, 3.8) is 0 Å². The van der Waals surface area contributed by atoms with Crippen LogP contribution in [0.15, 0.2) is 18.2 Å². The van der Waals surface area contributed by atoms with Crippen LogP contribution < -0.4 is 5.32 Å². The van der Waals surface area contributed by atoms with E-state index in [9.17, 15) is 10.1 Å². The number of benzene rings is 1.